The van der Waals surface area contributed by atoms with Crippen LogP contribution in [0, 0.1) is 5.92 Å². The van der Waals surface area contributed by atoms with Gasteiger partial charge in [0.15, 0.2) is 0 Å². The number of nitrogens with one attached hydrogen (secondary N) is 1. The number of nitrogens with zero attached hydrogens (tertiary/aromatic N) is 2. The Kier molecular flexibility index (Phi) is 4.53. The third-order valence-corrected chi connectivity index (χ3v) is 7.29. The topological polar surface area (TPSA) is 69.7 Å². The first-order chi connectivity index (χ1) is 10.9. The van der Waals surface area contributed by atoms with Crippen molar-refractivity contribution in [3.05, 3.63) is 29.3 Å². The molecule has 126 valence electrons. The molecule has 23 heavy (non-hydrogen) atoms. The lowest BCUT2D eigenvalue weighted by Crippen LogP contribution is -2.37. The Morgan fingerprint density at radius 2 is 2.04 bits per heavy atom. The molecule has 0 unspecified atom stereocenters. The van der Waals surface area contributed by atoms with Gasteiger partial charge < -0.3 is 10.2 Å². The van der Waals surface area contributed by atoms with E-state index in [0.717, 1.165) is 0 Å². The summed E-state index contributed by atoms with van der Waals surface area (Å²) in [4.78, 5) is 14.1. The van der Waals surface area contributed by atoms with E-state index in [1.54, 1.807) is 36.2 Å². The molecule has 0 bridgehead atoms. The lowest BCUT2D eigenvalue weighted by atomic mass is 10.0. The molecule has 0 radical (unpaired) electrons. The third kappa shape index (κ3) is 3.32. The highest BCUT2D eigenvalue weighted by Crippen LogP contribution is 2.33. The van der Waals surface area contributed by atoms with Gasteiger partial charge in [-0.15, -0.1) is 0 Å². The maximum atomic E-state index is 12.4. The molecule has 2 fully saturated rings. The van der Waals surface area contributed by atoms with Crippen LogP contribution >= 0.6 is 11.6 Å². The Hall–Kier alpha value is -1.31. The highest BCUT2D eigenvalue weighted by Gasteiger charge is 2.45. The number of carbonyl (C=O) groups excluding carboxylic acids is 1. The van der Waals surface area contributed by atoms with Gasteiger partial charge in [0.25, 0.3) is 0 Å². The van der Waals surface area contributed by atoms with Gasteiger partial charge in [0, 0.05) is 37.4 Å². The van der Waals surface area contributed by atoms with Crippen molar-refractivity contribution < 1.29 is 13.2 Å². The number of likely N-dealkylation sites (tertiary alicyclic amines) is 1. The largest absolute Gasteiger partial charge is 0.324 e. The first-order valence-corrected chi connectivity index (χ1v) is 9.52. The van der Waals surface area contributed by atoms with Crippen molar-refractivity contribution in [2.45, 2.75) is 18.1 Å². The summed E-state index contributed by atoms with van der Waals surface area (Å²) in [6.07, 6.45) is 1.19. The molecule has 2 atom stereocenters. The number of rotatable bonds is 1. The predicted octanol–water partition coefficient (Wildman–Crippen LogP) is 2.23. The molecule has 1 aromatic rings. The van der Waals surface area contributed by atoms with Crippen LogP contribution in [0.3, 0.4) is 0 Å². The van der Waals surface area contributed by atoms with E-state index in [-0.39, 0.29) is 17.2 Å². The van der Waals surface area contributed by atoms with Crippen LogP contribution in [0.2, 0.25) is 5.02 Å². The molecule has 3 rings (SSSR count). The van der Waals surface area contributed by atoms with Crippen molar-refractivity contribution in [1.82, 2.24) is 9.21 Å². The van der Waals surface area contributed by atoms with E-state index >= 15 is 0 Å². The van der Waals surface area contributed by atoms with Gasteiger partial charge in [-0.1, -0.05) is 17.7 Å². The smallest absolute Gasteiger partial charge is 0.321 e. The van der Waals surface area contributed by atoms with Crippen LogP contribution in [-0.2, 0) is 10.0 Å². The van der Waals surface area contributed by atoms with Crippen LogP contribution in [0.1, 0.15) is 12.8 Å². The minimum atomic E-state index is -3.21. The molecule has 1 aromatic carbocycles. The predicted molar refractivity (Wildman–Crippen MR) is 90.1 cm³/mol. The van der Waals surface area contributed by atoms with E-state index in [1.165, 1.54) is 4.31 Å². The third-order valence-electron chi connectivity index (χ3n) is 4.65. The lowest BCUT2D eigenvalue weighted by Gasteiger charge is -2.22. The Labute approximate surface area is 141 Å². The van der Waals surface area contributed by atoms with E-state index in [2.05, 4.69) is 5.32 Å². The molecule has 0 spiro atoms. The van der Waals surface area contributed by atoms with Gasteiger partial charge in [-0.3, -0.25) is 0 Å². The SMILES string of the molecule is CN1C[C@H]2CCN(C(=O)Nc3cccc(Cl)c3)CC[C@H]2S1(=O)=O. The molecule has 0 saturated carbocycles. The zero-order chi connectivity index (χ0) is 16.6. The standard InChI is InChI=1S/C15H20ClN3O3S/c1-18-10-11-5-7-19(8-6-14(11)23(18,21)22)15(20)17-13-4-2-3-12(16)9-13/h2-4,9,11,14H,5-8,10H2,1H3,(H,17,20)/t11-,14-/m1/s1. The van der Waals surface area contributed by atoms with E-state index in [0.29, 0.717) is 43.2 Å². The van der Waals surface area contributed by atoms with E-state index in [9.17, 15) is 13.2 Å². The fourth-order valence-corrected chi connectivity index (χ4v) is 5.54. The van der Waals surface area contributed by atoms with Gasteiger partial charge in [-0.05, 0) is 37.0 Å². The fraction of sp³-hybridized carbons (Fsp3) is 0.533. The number of halogens is 1. The number of hydrogen-bond acceptors (Lipinski definition) is 3. The maximum absolute atomic E-state index is 12.4. The molecular weight excluding hydrogens is 338 g/mol. The minimum absolute atomic E-state index is 0.106. The average molecular weight is 358 g/mol. The second-order valence-corrected chi connectivity index (χ2v) is 8.82. The molecule has 2 aliphatic rings. The van der Waals surface area contributed by atoms with Crippen molar-refractivity contribution in [2.75, 3.05) is 32.0 Å². The number of hydrogen-bond donors (Lipinski definition) is 1. The first-order valence-electron chi connectivity index (χ1n) is 7.64. The maximum Gasteiger partial charge on any atom is 0.321 e. The number of anilines is 1. The summed E-state index contributed by atoms with van der Waals surface area (Å²) in [7, 11) is -1.57. The van der Waals surface area contributed by atoms with Gasteiger partial charge in [-0.2, -0.15) is 0 Å². The second kappa shape index (κ2) is 6.30. The Bertz CT molecular complexity index is 710. The molecule has 0 aliphatic carbocycles. The second-order valence-electron chi connectivity index (χ2n) is 6.13. The van der Waals surface area contributed by atoms with Crippen molar-refractivity contribution in [3.8, 4) is 0 Å². The number of fused-ring (bicyclic) bond motifs is 1. The van der Waals surface area contributed by atoms with Crippen LogP contribution in [0.15, 0.2) is 24.3 Å². The van der Waals surface area contributed by atoms with Gasteiger partial charge in [-0.25, -0.2) is 17.5 Å². The normalized spacial score (nSPS) is 27.3. The number of amides is 2. The summed E-state index contributed by atoms with van der Waals surface area (Å²) in [6, 6.07) is 6.76. The number of benzene rings is 1. The summed E-state index contributed by atoms with van der Waals surface area (Å²) in [5.41, 5.74) is 0.638. The zero-order valence-corrected chi connectivity index (χ0v) is 14.5. The quantitative estimate of drug-likeness (QED) is 0.837. The molecule has 2 amide bonds. The van der Waals surface area contributed by atoms with Crippen LogP contribution in [-0.4, -0.2) is 55.6 Å². The number of carbonyl (C=O) groups is 1. The molecule has 2 aliphatic heterocycles. The van der Waals surface area contributed by atoms with Crippen LogP contribution in [0.4, 0.5) is 10.5 Å². The average Bonchev–Trinajstić information content (AvgIpc) is 2.65. The zero-order valence-electron chi connectivity index (χ0n) is 12.9. The first kappa shape index (κ1) is 16.5. The number of urea groups is 1. The highest BCUT2D eigenvalue weighted by molar-refractivity contribution is 7.90. The Balaban J connectivity index is 1.66. The summed E-state index contributed by atoms with van der Waals surface area (Å²) in [5, 5.41) is 3.01. The summed E-state index contributed by atoms with van der Waals surface area (Å²) >= 11 is 5.91. The molecule has 2 saturated heterocycles. The monoisotopic (exact) mass is 357 g/mol. The Morgan fingerprint density at radius 3 is 2.78 bits per heavy atom. The fourth-order valence-electron chi connectivity index (χ4n) is 3.38. The van der Waals surface area contributed by atoms with Crippen LogP contribution < -0.4 is 5.32 Å². The van der Waals surface area contributed by atoms with E-state index in [4.69, 9.17) is 11.6 Å². The molecule has 0 aromatic heterocycles. The molecule has 6 nitrogen and oxygen atoms in total. The minimum Gasteiger partial charge on any atom is -0.324 e. The lowest BCUT2D eigenvalue weighted by molar-refractivity contribution is 0.212. The van der Waals surface area contributed by atoms with E-state index < -0.39 is 10.0 Å². The van der Waals surface area contributed by atoms with Crippen molar-refractivity contribution in [3.63, 3.8) is 0 Å². The van der Waals surface area contributed by atoms with Gasteiger partial charge in [0.1, 0.15) is 0 Å². The number of sulfonamides is 1. The molecule has 8 heteroatoms. The molecule has 1 N–H and O–H groups in total. The summed E-state index contributed by atoms with van der Waals surface area (Å²) in [6.45, 7) is 1.56. The van der Waals surface area contributed by atoms with Crippen LogP contribution in [0.5, 0.6) is 0 Å². The molecule has 2 heterocycles. The van der Waals surface area contributed by atoms with Gasteiger partial charge in [0.2, 0.25) is 10.0 Å². The Morgan fingerprint density at radius 1 is 1.30 bits per heavy atom. The molecular formula is C15H20ClN3O3S. The van der Waals surface area contributed by atoms with Gasteiger partial charge >= 0.3 is 6.03 Å². The summed E-state index contributed by atoms with van der Waals surface area (Å²) in [5.74, 6) is 0.106. The van der Waals surface area contributed by atoms with Crippen molar-refractivity contribution in [1.29, 1.82) is 0 Å². The van der Waals surface area contributed by atoms with Gasteiger partial charge in [0.05, 0.1) is 5.25 Å². The van der Waals surface area contributed by atoms with E-state index in [1.807, 2.05) is 0 Å². The summed E-state index contributed by atoms with van der Waals surface area (Å²) < 4.78 is 26.0. The van der Waals surface area contributed by atoms with Crippen LogP contribution in [0.25, 0.3) is 0 Å². The van der Waals surface area contributed by atoms with Crippen molar-refractivity contribution in [2.24, 2.45) is 5.92 Å². The van der Waals surface area contributed by atoms with Crippen molar-refractivity contribution >= 4 is 33.3 Å². The highest BCUT2D eigenvalue weighted by atomic mass is 35.5.